The average Bonchev–Trinajstić information content (AvgIpc) is 3.02. The zero-order chi connectivity index (χ0) is 30.4. The molecule has 0 aromatic heterocycles. The summed E-state index contributed by atoms with van der Waals surface area (Å²) >= 11 is 6.38. The largest absolute Gasteiger partial charge is 0.461 e. The summed E-state index contributed by atoms with van der Waals surface area (Å²) in [5.41, 5.74) is 4.52. The first-order valence-electron chi connectivity index (χ1n) is 14.1. The van der Waals surface area contributed by atoms with Crippen molar-refractivity contribution in [3.63, 3.8) is 0 Å². The lowest BCUT2D eigenvalue weighted by atomic mass is 9.80. The third-order valence-electron chi connectivity index (χ3n) is 6.85. The number of hydrogen-bond donors (Lipinski definition) is 2. The maximum Gasteiger partial charge on any atom is 0.336 e. The molecule has 0 fully saturated rings. The Kier molecular flexibility index (Phi) is 11.7. The van der Waals surface area contributed by atoms with Crippen molar-refractivity contribution in [3.8, 4) is 6.07 Å². The molecule has 1 amide bonds. The van der Waals surface area contributed by atoms with Gasteiger partial charge in [-0.2, -0.15) is 5.26 Å². The zero-order valence-corrected chi connectivity index (χ0v) is 24.8. The predicted molar refractivity (Wildman–Crippen MR) is 168 cm³/mol. The van der Waals surface area contributed by atoms with Gasteiger partial charge in [0.25, 0.3) is 0 Å². The number of ether oxygens (including phenoxy) is 2. The van der Waals surface area contributed by atoms with Crippen molar-refractivity contribution in [1.82, 2.24) is 10.6 Å². The third-order valence-corrected chi connectivity index (χ3v) is 7.09. The molecule has 2 N–H and O–H groups in total. The van der Waals surface area contributed by atoms with E-state index in [1.54, 1.807) is 25.1 Å². The van der Waals surface area contributed by atoms with Crippen molar-refractivity contribution in [2.24, 2.45) is 0 Å². The molecule has 1 atom stereocenters. The van der Waals surface area contributed by atoms with E-state index >= 15 is 0 Å². The van der Waals surface area contributed by atoms with Crippen molar-refractivity contribution < 1.29 is 19.1 Å². The number of amides is 1. The van der Waals surface area contributed by atoms with Gasteiger partial charge in [-0.3, -0.25) is 4.79 Å². The van der Waals surface area contributed by atoms with Crippen molar-refractivity contribution in [3.05, 3.63) is 135 Å². The van der Waals surface area contributed by atoms with E-state index < -0.39 is 11.9 Å². The summed E-state index contributed by atoms with van der Waals surface area (Å²) in [7, 11) is 0. The van der Waals surface area contributed by atoms with Gasteiger partial charge in [0.2, 0.25) is 5.91 Å². The van der Waals surface area contributed by atoms with Gasteiger partial charge in [-0.05, 0) is 42.2 Å². The van der Waals surface area contributed by atoms with Crippen LogP contribution in [0.1, 0.15) is 36.0 Å². The summed E-state index contributed by atoms with van der Waals surface area (Å²) in [6, 6.07) is 28.9. The molecular weight excluding hydrogens is 562 g/mol. The summed E-state index contributed by atoms with van der Waals surface area (Å²) < 4.78 is 11.5. The maximum absolute atomic E-state index is 13.9. The van der Waals surface area contributed by atoms with Gasteiger partial charge in [0.15, 0.2) is 0 Å². The number of halogens is 1. The lowest BCUT2D eigenvalue weighted by molar-refractivity contribution is -0.139. The Morgan fingerprint density at radius 2 is 1.74 bits per heavy atom. The number of rotatable bonds is 13. The molecular formula is C35H34ClN3O4. The molecule has 3 aromatic rings. The van der Waals surface area contributed by atoms with Gasteiger partial charge in [-0.25, -0.2) is 4.79 Å². The van der Waals surface area contributed by atoms with Gasteiger partial charge in [-0.15, -0.1) is 0 Å². The van der Waals surface area contributed by atoms with Gasteiger partial charge in [0.05, 0.1) is 48.5 Å². The number of nitrogens with zero attached hydrogens (tertiary/aromatic N) is 1. The number of allylic oxidation sites excluding steroid dienone is 1. The first-order chi connectivity index (χ1) is 21.0. The van der Waals surface area contributed by atoms with E-state index in [9.17, 15) is 9.59 Å². The van der Waals surface area contributed by atoms with Gasteiger partial charge in [0, 0.05) is 17.3 Å². The molecule has 0 aliphatic carbocycles. The zero-order valence-electron chi connectivity index (χ0n) is 24.0. The molecule has 1 unspecified atom stereocenters. The molecule has 3 aromatic carbocycles. The van der Waals surface area contributed by atoms with Crippen LogP contribution < -0.4 is 10.6 Å². The van der Waals surface area contributed by atoms with Crippen LogP contribution in [0, 0.1) is 11.3 Å². The number of nitrogens with one attached hydrogen (secondary N) is 2. The van der Waals surface area contributed by atoms with Crippen LogP contribution in [0.4, 0.5) is 0 Å². The molecule has 4 rings (SSSR count). The van der Waals surface area contributed by atoms with E-state index in [1.165, 1.54) is 0 Å². The summed E-state index contributed by atoms with van der Waals surface area (Å²) in [6.07, 6.45) is 4.57. The molecule has 43 heavy (non-hydrogen) atoms. The smallest absolute Gasteiger partial charge is 0.336 e. The molecule has 1 heterocycles. The minimum absolute atomic E-state index is 0.0562. The first-order valence-corrected chi connectivity index (χ1v) is 14.5. The Morgan fingerprint density at radius 1 is 1.00 bits per heavy atom. The van der Waals surface area contributed by atoms with Gasteiger partial charge in [-0.1, -0.05) is 96.5 Å². The predicted octanol–water partition coefficient (Wildman–Crippen LogP) is 6.10. The first kappa shape index (κ1) is 31.3. The Morgan fingerprint density at radius 3 is 2.47 bits per heavy atom. The summed E-state index contributed by atoms with van der Waals surface area (Å²) in [5, 5.41) is 15.6. The Bertz CT molecular complexity index is 1540. The number of hydrogen-bond acceptors (Lipinski definition) is 6. The van der Waals surface area contributed by atoms with Crippen LogP contribution in [0.5, 0.6) is 0 Å². The average molecular weight is 596 g/mol. The van der Waals surface area contributed by atoms with Crippen molar-refractivity contribution in [2.45, 2.75) is 25.7 Å². The van der Waals surface area contributed by atoms with Crippen LogP contribution in [-0.2, 0) is 25.5 Å². The molecule has 1 aliphatic heterocycles. The Balaban J connectivity index is 1.65. The number of esters is 1. The van der Waals surface area contributed by atoms with E-state index in [1.807, 2.05) is 85.0 Å². The number of benzene rings is 3. The molecule has 0 saturated carbocycles. The van der Waals surface area contributed by atoms with E-state index in [-0.39, 0.29) is 37.7 Å². The minimum atomic E-state index is -0.777. The van der Waals surface area contributed by atoms with E-state index in [0.29, 0.717) is 40.6 Å². The maximum atomic E-state index is 13.9. The fourth-order valence-corrected chi connectivity index (χ4v) is 5.05. The second kappa shape index (κ2) is 16.1. The minimum Gasteiger partial charge on any atom is -0.461 e. The molecule has 0 bridgehead atoms. The standard InChI is InChI=1S/C35H34ClN3O4/c1-25-31(35(41)43-21-10-19-37)32(28-16-8-17-29(36)23-28)33(34(40)38-20-9-15-26-11-4-2-5-12-26)30(39-25)24-42-22-18-27-13-6-3-7-14-27/h2-9,11-17,23,32,39H,10,18,20-22,24H2,1H3,(H,38,40). The Hall–Kier alpha value is -4.64. The normalized spacial score (nSPS) is 14.8. The van der Waals surface area contributed by atoms with E-state index in [0.717, 1.165) is 11.1 Å². The number of nitriles is 1. The van der Waals surface area contributed by atoms with Crippen molar-refractivity contribution in [1.29, 1.82) is 5.26 Å². The highest BCUT2D eigenvalue weighted by atomic mass is 35.5. The van der Waals surface area contributed by atoms with Gasteiger partial charge >= 0.3 is 5.97 Å². The SMILES string of the molecule is CC1=C(C(=O)OCCC#N)C(c2cccc(Cl)c2)C(C(=O)NCC=Cc2ccccc2)=C(COCCc2ccccc2)N1. The van der Waals surface area contributed by atoms with Crippen LogP contribution in [0.15, 0.2) is 114 Å². The molecule has 0 spiro atoms. The summed E-state index contributed by atoms with van der Waals surface area (Å²) in [4.78, 5) is 27.3. The molecule has 0 saturated heterocycles. The monoisotopic (exact) mass is 595 g/mol. The number of carbonyl (C=O) groups excluding carboxylic acids is 2. The molecule has 220 valence electrons. The lowest BCUT2D eigenvalue weighted by Gasteiger charge is -2.32. The highest BCUT2D eigenvalue weighted by molar-refractivity contribution is 6.30. The quantitative estimate of drug-likeness (QED) is 0.183. The molecule has 0 radical (unpaired) electrons. The van der Waals surface area contributed by atoms with Crippen LogP contribution in [0.3, 0.4) is 0 Å². The molecule has 8 heteroatoms. The number of dihydropyridines is 1. The van der Waals surface area contributed by atoms with Crippen LogP contribution in [0.2, 0.25) is 5.02 Å². The second-order valence-corrected chi connectivity index (χ2v) is 10.3. The Labute approximate surface area is 257 Å². The fourth-order valence-electron chi connectivity index (χ4n) is 4.85. The number of carbonyl (C=O) groups is 2. The fraction of sp³-hybridized carbons (Fsp3) is 0.229. The van der Waals surface area contributed by atoms with Crippen molar-refractivity contribution >= 4 is 29.6 Å². The highest BCUT2D eigenvalue weighted by Crippen LogP contribution is 2.39. The third kappa shape index (κ3) is 8.92. The summed E-state index contributed by atoms with van der Waals surface area (Å²) in [5.74, 6) is -1.74. The molecule has 1 aliphatic rings. The van der Waals surface area contributed by atoms with Crippen LogP contribution >= 0.6 is 11.6 Å². The molecule has 7 nitrogen and oxygen atoms in total. The van der Waals surface area contributed by atoms with E-state index in [2.05, 4.69) is 10.6 Å². The lowest BCUT2D eigenvalue weighted by Crippen LogP contribution is -2.38. The van der Waals surface area contributed by atoms with Gasteiger partial charge in [0.1, 0.15) is 6.61 Å². The second-order valence-electron chi connectivity index (χ2n) is 9.90. The van der Waals surface area contributed by atoms with Crippen LogP contribution in [0.25, 0.3) is 6.08 Å². The van der Waals surface area contributed by atoms with Gasteiger partial charge < -0.3 is 20.1 Å². The van der Waals surface area contributed by atoms with Crippen LogP contribution in [-0.4, -0.2) is 38.2 Å². The highest BCUT2D eigenvalue weighted by Gasteiger charge is 2.38. The summed E-state index contributed by atoms with van der Waals surface area (Å²) in [6.45, 7) is 2.55. The van der Waals surface area contributed by atoms with Crippen molar-refractivity contribution in [2.75, 3.05) is 26.4 Å². The topological polar surface area (TPSA) is 100 Å². The van der Waals surface area contributed by atoms with E-state index in [4.69, 9.17) is 26.3 Å².